The molecule has 1 unspecified atom stereocenters. The first-order chi connectivity index (χ1) is 11.0. The highest BCUT2D eigenvalue weighted by molar-refractivity contribution is 7.80. The maximum Gasteiger partial charge on any atom is 0.123 e. The Kier molecular flexibility index (Phi) is 4.76. The highest BCUT2D eigenvalue weighted by atomic mass is 32.1. The van der Waals surface area contributed by atoms with Gasteiger partial charge in [-0.2, -0.15) is 0 Å². The predicted molar refractivity (Wildman–Crippen MR) is 93.5 cm³/mol. The van der Waals surface area contributed by atoms with Gasteiger partial charge in [0.2, 0.25) is 0 Å². The molecule has 23 heavy (non-hydrogen) atoms. The number of halogens is 1. The normalized spacial score (nSPS) is 20.0. The van der Waals surface area contributed by atoms with Crippen molar-refractivity contribution in [2.24, 2.45) is 0 Å². The number of hydrogen-bond acceptors (Lipinski definition) is 3. The number of hydrogen-bond donors (Lipinski definition) is 1. The van der Waals surface area contributed by atoms with E-state index in [1.807, 2.05) is 18.2 Å². The topological polar surface area (TPSA) is 12.5 Å². The minimum absolute atomic E-state index is 0.221. The summed E-state index contributed by atoms with van der Waals surface area (Å²) in [6, 6.07) is 12.9. The lowest BCUT2D eigenvalue weighted by molar-refractivity contribution is -0.0140. The van der Waals surface area contributed by atoms with Crippen molar-refractivity contribution in [2.75, 3.05) is 20.6 Å². The summed E-state index contributed by atoms with van der Waals surface area (Å²) in [5, 5.41) is 0. The van der Waals surface area contributed by atoms with Gasteiger partial charge in [0.05, 0.1) is 6.61 Å². The summed E-state index contributed by atoms with van der Waals surface area (Å²) in [4.78, 5) is 3.11. The van der Waals surface area contributed by atoms with Crippen LogP contribution in [0.25, 0.3) is 0 Å². The highest BCUT2D eigenvalue weighted by Crippen LogP contribution is 2.45. The van der Waals surface area contributed by atoms with Gasteiger partial charge in [0, 0.05) is 4.90 Å². The lowest BCUT2D eigenvalue weighted by Crippen LogP contribution is -2.28. The van der Waals surface area contributed by atoms with E-state index in [-0.39, 0.29) is 5.82 Å². The van der Waals surface area contributed by atoms with Crippen LogP contribution in [0.15, 0.2) is 47.4 Å². The molecule has 0 spiro atoms. The molecule has 0 amide bonds. The third-order valence-electron chi connectivity index (χ3n) is 4.44. The first-order valence-corrected chi connectivity index (χ1v) is 8.33. The molecule has 2 aromatic rings. The molecule has 1 aliphatic rings. The summed E-state index contributed by atoms with van der Waals surface area (Å²) < 4.78 is 19.6. The molecule has 0 fully saturated rings. The molecule has 2 aromatic carbocycles. The minimum atomic E-state index is -0.486. The van der Waals surface area contributed by atoms with Crippen LogP contribution in [0.2, 0.25) is 0 Å². The van der Waals surface area contributed by atoms with Gasteiger partial charge in [-0.1, -0.05) is 18.2 Å². The van der Waals surface area contributed by atoms with Crippen LogP contribution >= 0.6 is 12.6 Å². The van der Waals surface area contributed by atoms with Crippen molar-refractivity contribution in [1.82, 2.24) is 4.90 Å². The number of benzene rings is 2. The molecule has 122 valence electrons. The quantitative estimate of drug-likeness (QED) is 0.823. The van der Waals surface area contributed by atoms with E-state index in [4.69, 9.17) is 4.74 Å². The van der Waals surface area contributed by atoms with E-state index >= 15 is 0 Å². The molecule has 0 aromatic heterocycles. The van der Waals surface area contributed by atoms with Gasteiger partial charge in [0.25, 0.3) is 0 Å². The molecule has 1 atom stereocenters. The Morgan fingerprint density at radius 3 is 2.61 bits per heavy atom. The van der Waals surface area contributed by atoms with E-state index < -0.39 is 5.60 Å². The molecule has 3 rings (SSSR count). The van der Waals surface area contributed by atoms with Crippen molar-refractivity contribution in [3.05, 3.63) is 65.0 Å². The molecule has 0 N–H and O–H groups in total. The van der Waals surface area contributed by atoms with Crippen LogP contribution in [0.4, 0.5) is 4.39 Å². The smallest absolute Gasteiger partial charge is 0.123 e. The van der Waals surface area contributed by atoms with Gasteiger partial charge >= 0.3 is 0 Å². The van der Waals surface area contributed by atoms with E-state index in [2.05, 4.69) is 43.8 Å². The van der Waals surface area contributed by atoms with Gasteiger partial charge in [-0.15, -0.1) is 12.6 Å². The summed E-state index contributed by atoms with van der Waals surface area (Å²) in [6.45, 7) is 1.56. The second-order valence-electron chi connectivity index (χ2n) is 6.37. The van der Waals surface area contributed by atoms with E-state index in [0.29, 0.717) is 6.61 Å². The molecule has 0 saturated carbocycles. The van der Waals surface area contributed by atoms with Crippen LogP contribution in [-0.2, 0) is 16.9 Å². The van der Waals surface area contributed by atoms with Crippen LogP contribution in [0.5, 0.6) is 0 Å². The fourth-order valence-electron chi connectivity index (χ4n) is 3.33. The van der Waals surface area contributed by atoms with E-state index in [1.165, 1.54) is 23.3 Å². The van der Waals surface area contributed by atoms with Gasteiger partial charge in [0.1, 0.15) is 11.4 Å². The number of thiol groups is 1. The summed E-state index contributed by atoms with van der Waals surface area (Å²) in [5.41, 5.74) is 2.89. The first kappa shape index (κ1) is 16.5. The lowest BCUT2D eigenvalue weighted by Gasteiger charge is -2.31. The van der Waals surface area contributed by atoms with E-state index in [1.54, 1.807) is 0 Å². The Bertz CT molecular complexity index is 686. The monoisotopic (exact) mass is 331 g/mol. The Hall–Kier alpha value is -1.36. The van der Waals surface area contributed by atoms with Gasteiger partial charge in [-0.3, -0.25) is 0 Å². The zero-order chi connectivity index (χ0) is 16.4. The number of fused-ring (bicyclic) bond motifs is 1. The van der Waals surface area contributed by atoms with Crippen molar-refractivity contribution < 1.29 is 9.13 Å². The van der Waals surface area contributed by atoms with Crippen LogP contribution in [0, 0.1) is 5.82 Å². The fraction of sp³-hybridized carbons (Fsp3) is 0.368. The Labute approximate surface area is 142 Å². The van der Waals surface area contributed by atoms with Crippen LogP contribution < -0.4 is 0 Å². The number of rotatable bonds is 5. The van der Waals surface area contributed by atoms with E-state index in [9.17, 15) is 4.39 Å². The Morgan fingerprint density at radius 1 is 1.17 bits per heavy atom. The maximum atomic E-state index is 13.3. The highest BCUT2D eigenvalue weighted by Gasteiger charge is 2.41. The summed E-state index contributed by atoms with van der Waals surface area (Å²) in [6.07, 6.45) is 1.88. The first-order valence-electron chi connectivity index (χ1n) is 7.88. The zero-order valence-corrected chi connectivity index (χ0v) is 14.4. The molecular weight excluding hydrogens is 309 g/mol. The third kappa shape index (κ3) is 3.30. The average molecular weight is 331 g/mol. The summed E-state index contributed by atoms with van der Waals surface area (Å²) in [5.74, 6) is -0.221. The van der Waals surface area contributed by atoms with Crippen molar-refractivity contribution in [3.63, 3.8) is 0 Å². The zero-order valence-electron chi connectivity index (χ0n) is 13.6. The average Bonchev–Trinajstić information content (AvgIpc) is 2.87. The molecule has 0 bridgehead atoms. The molecule has 0 saturated heterocycles. The largest absolute Gasteiger partial charge is 0.361 e. The third-order valence-corrected chi connectivity index (χ3v) is 4.72. The molecular formula is C19H22FNOS. The van der Waals surface area contributed by atoms with Gasteiger partial charge in [0.15, 0.2) is 0 Å². The number of ether oxygens (including phenoxy) is 1. The van der Waals surface area contributed by atoms with Gasteiger partial charge < -0.3 is 9.64 Å². The van der Waals surface area contributed by atoms with Crippen molar-refractivity contribution in [1.29, 1.82) is 0 Å². The fourth-order valence-corrected chi connectivity index (χ4v) is 3.56. The molecule has 1 heterocycles. The molecule has 4 heteroatoms. The van der Waals surface area contributed by atoms with Crippen LogP contribution in [0.3, 0.4) is 0 Å². The maximum absolute atomic E-state index is 13.3. The molecule has 1 aliphatic heterocycles. The van der Waals surface area contributed by atoms with Crippen molar-refractivity contribution in [2.45, 2.75) is 29.9 Å². The SMILES string of the molecule is CN(C)CCCC1(c2ccc(F)cc2)OCc2cc(S)ccc21. The number of nitrogens with zero attached hydrogens (tertiary/aromatic N) is 1. The second-order valence-corrected chi connectivity index (χ2v) is 6.89. The molecule has 0 aliphatic carbocycles. The van der Waals surface area contributed by atoms with Gasteiger partial charge in [-0.25, -0.2) is 4.39 Å². The van der Waals surface area contributed by atoms with Gasteiger partial charge in [-0.05, 0) is 74.4 Å². The standard InChI is InChI=1S/C19H22FNOS/c1-21(2)11-3-10-19(15-4-6-16(20)7-5-15)18-9-8-17(23)12-14(18)13-22-19/h4-9,12,23H,3,10-11,13H2,1-2H3. The van der Waals surface area contributed by atoms with Crippen LogP contribution in [-0.4, -0.2) is 25.5 Å². The molecule has 0 radical (unpaired) electrons. The lowest BCUT2D eigenvalue weighted by atomic mass is 9.82. The van der Waals surface area contributed by atoms with E-state index in [0.717, 1.165) is 29.8 Å². The predicted octanol–water partition coefficient (Wildman–Crippen LogP) is 4.23. The Balaban J connectivity index is 2.00. The minimum Gasteiger partial charge on any atom is -0.361 e. The summed E-state index contributed by atoms with van der Waals surface area (Å²) in [7, 11) is 4.14. The Morgan fingerprint density at radius 2 is 1.91 bits per heavy atom. The molecule has 2 nitrogen and oxygen atoms in total. The second kappa shape index (κ2) is 6.63. The van der Waals surface area contributed by atoms with Crippen molar-refractivity contribution >= 4 is 12.6 Å². The van der Waals surface area contributed by atoms with Crippen LogP contribution in [0.1, 0.15) is 29.5 Å². The summed E-state index contributed by atoms with van der Waals surface area (Å²) >= 11 is 4.43. The van der Waals surface area contributed by atoms with Crippen molar-refractivity contribution in [3.8, 4) is 0 Å².